The molecular formula is C15H16N4O2. The SMILES string of the molecule is Cc1nn(C)c2ncc(NCc3cccc(O)c3O)cc12. The van der Waals surface area contributed by atoms with Gasteiger partial charge in [-0.05, 0) is 19.1 Å². The summed E-state index contributed by atoms with van der Waals surface area (Å²) in [6.45, 7) is 2.33. The maximum absolute atomic E-state index is 9.78. The van der Waals surface area contributed by atoms with E-state index >= 15 is 0 Å². The minimum atomic E-state index is -0.119. The summed E-state index contributed by atoms with van der Waals surface area (Å²) in [6.07, 6.45) is 1.73. The molecule has 0 bridgehead atoms. The lowest BCUT2D eigenvalue weighted by molar-refractivity contribution is 0.400. The van der Waals surface area contributed by atoms with Crippen LogP contribution in [0.25, 0.3) is 11.0 Å². The zero-order chi connectivity index (χ0) is 15.0. The van der Waals surface area contributed by atoms with E-state index in [2.05, 4.69) is 15.4 Å². The van der Waals surface area contributed by atoms with E-state index in [0.717, 1.165) is 22.4 Å². The molecule has 0 saturated carbocycles. The van der Waals surface area contributed by atoms with E-state index in [1.807, 2.05) is 20.0 Å². The first-order valence-corrected chi connectivity index (χ1v) is 6.59. The van der Waals surface area contributed by atoms with Crippen LogP contribution in [0.5, 0.6) is 11.5 Å². The van der Waals surface area contributed by atoms with Crippen LogP contribution in [0.4, 0.5) is 5.69 Å². The third-order valence-corrected chi connectivity index (χ3v) is 3.44. The van der Waals surface area contributed by atoms with Gasteiger partial charge in [-0.1, -0.05) is 12.1 Å². The fraction of sp³-hybridized carbons (Fsp3) is 0.200. The van der Waals surface area contributed by atoms with Gasteiger partial charge in [0.05, 0.1) is 17.6 Å². The predicted octanol–water partition coefficient (Wildman–Crippen LogP) is 2.30. The average molecular weight is 284 g/mol. The number of nitrogens with one attached hydrogen (secondary N) is 1. The third kappa shape index (κ3) is 2.35. The first-order valence-electron chi connectivity index (χ1n) is 6.59. The van der Waals surface area contributed by atoms with Crippen molar-refractivity contribution in [1.29, 1.82) is 0 Å². The van der Waals surface area contributed by atoms with Gasteiger partial charge in [-0.15, -0.1) is 0 Å². The second-order valence-corrected chi connectivity index (χ2v) is 4.94. The van der Waals surface area contributed by atoms with E-state index < -0.39 is 0 Å². The van der Waals surface area contributed by atoms with E-state index in [1.54, 1.807) is 23.0 Å². The molecular weight excluding hydrogens is 268 g/mol. The van der Waals surface area contributed by atoms with Gasteiger partial charge >= 0.3 is 0 Å². The zero-order valence-electron chi connectivity index (χ0n) is 11.8. The second kappa shape index (κ2) is 4.97. The lowest BCUT2D eigenvalue weighted by Gasteiger charge is -2.09. The lowest BCUT2D eigenvalue weighted by atomic mass is 10.2. The van der Waals surface area contributed by atoms with E-state index in [-0.39, 0.29) is 11.5 Å². The number of benzene rings is 1. The highest BCUT2D eigenvalue weighted by Gasteiger charge is 2.08. The average Bonchev–Trinajstić information content (AvgIpc) is 2.75. The first-order chi connectivity index (χ1) is 10.1. The van der Waals surface area contributed by atoms with E-state index in [4.69, 9.17) is 0 Å². The highest BCUT2D eigenvalue weighted by atomic mass is 16.3. The van der Waals surface area contributed by atoms with Crippen LogP contribution in [0, 0.1) is 6.92 Å². The van der Waals surface area contributed by atoms with Crippen LogP contribution in [0.15, 0.2) is 30.5 Å². The molecule has 108 valence electrons. The highest BCUT2D eigenvalue weighted by molar-refractivity contribution is 5.81. The van der Waals surface area contributed by atoms with Crippen LogP contribution < -0.4 is 5.32 Å². The molecule has 0 saturated heterocycles. The fourth-order valence-corrected chi connectivity index (χ4v) is 2.32. The predicted molar refractivity (Wildman–Crippen MR) is 80.3 cm³/mol. The Bertz CT molecular complexity index is 811. The van der Waals surface area contributed by atoms with Crippen LogP contribution >= 0.6 is 0 Å². The Morgan fingerprint density at radius 1 is 1.29 bits per heavy atom. The molecule has 6 heteroatoms. The van der Waals surface area contributed by atoms with Gasteiger partial charge in [0.25, 0.3) is 0 Å². The van der Waals surface area contributed by atoms with Crippen molar-refractivity contribution in [3.63, 3.8) is 0 Å². The largest absolute Gasteiger partial charge is 0.504 e. The normalized spacial score (nSPS) is 11.0. The number of phenolic OH excluding ortho intramolecular Hbond substituents is 2. The highest BCUT2D eigenvalue weighted by Crippen LogP contribution is 2.29. The number of fused-ring (bicyclic) bond motifs is 1. The van der Waals surface area contributed by atoms with Gasteiger partial charge in [0.2, 0.25) is 0 Å². The molecule has 0 aliphatic carbocycles. The van der Waals surface area contributed by atoms with Gasteiger partial charge < -0.3 is 15.5 Å². The summed E-state index contributed by atoms with van der Waals surface area (Å²) in [5.41, 5.74) is 3.21. The lowest BCUT2D eigenvalue weighted by Crippen LogP contribution is -2.00. The molecule has 3 aromatic rings. The van der Waals surface area contributed by atoms with Crippen LogP contribution in [0.3, 0.4) is 0 Å². The van der Waals surface area contributed by atoms with Crippen LogP contribution in [-0.4, -0.2) is 25.0 Å². The molecule has 0 spiro atoms. The summed E-state index contributed by atoms with van der Waals surface area (Å²) in [4.78, 5) is 4.38. The Hall–Kier alpha value is -2.76. The minimum absolute atomic E-state index is 0.100. The van der Waals surface area contributed by atoms with Crippen molar-refractivity contribution in [2.75, 3.05) is 5.32 Å². The van der Waals surface area contributed by atoms with Crippen molar-refractivity contribution >= 4 is 16.7 Å². The summed E-state index contributed by atoms with van der Waals surface area (Å²) in [5, 5.41) is 27.8. The van der Waals surface area contributed by atoms with E-state index in [0.29, 0.717) is 12.1 Å². The topological polar surface area (TPSA) is 83.2 Å². The van der Waals surface area contributed by atoms with Gasteiger partial charge in [0.15, 0.2) is 17.1 Å². The van der Waals surface area contributed by atoms with Crippen molar-refractivity contribution in [1.82, 2.24) is 14.8 Å². The van der Waals surface area contributed by atoms with Crippen molar-refractivity contribution in [3.05, 3.63) is 41.7 Å². The maximum atomic E-state index is 9.78. The molecule has 2 heterocycles. The number of nitrogens with zero attached hydrogens (tertiary/aromatic N) is 3. The van der Waals surface area contributed by atoms with Crippen molar-refractivity contribution in [3.8, 4) is 11.5 Å². The number of rotatable bonds is 3. The summed E-state index contributed by atoms with van der Waals surface area (Å²) in [6, 6.07) is 6.87. The number of aromatic nitrogens is 3. The number of aromatic hydroxyl groups is 2. The standard InChI is InChI=1S/C15H16N4O2/c1-9-12-6-11(8-17-15(12)19(2)18-9)16-7-10-4-3-5-13(20)14(10)21/h3-6,8,16,20-21H,7H2,1-2H3. The summed E-state index contributed by atoms with van der Waals surface area (Å²) in [7, 11) is 1.86. The number of anilines is 1. The van der Waals surface area contributed by atoms with E-state index in [9.17, 15) is 10.2 Å². The monoisotopic (exact) mass is 284 g/mol. The summed E-state index contributed by atoms with van der Waals surface area (Å²) < 4.78 is 1.75. The zero-order valence-corrected chi connectivity index (χ0v) is 11.8. The molecule has 0 unspecified atom stereocenters. The molecule has 21 heavy (non-hydrogen) atoms. The molecule has 0 radical (unpaired) electrons. The minimum Gasteiger partial charge on any atom is -0.504 e. The van der Waals surface area contributed by atoms with Crippen molar-refractivity contribution < 1.29 is 10.2 Å². The smallest absolute Gasteiger partial charge is 0.162 e. The molecule has 0 amide bonds. The number of hydrogen-bond acceptors (Lipinski definition) is 5. The number of hydrogen-bond donors (Lipinski definition) is 3. The molecule has 0 aliphatic rings. The number of pyridine rings is 1. The number of para-hydroxylation sites is 1. The Morgan fingerprint density at radius 2 is 2.10 bits per heavy atom. The molecule has 2 aromatic heterocycles. The van der Waals surface area contributed by atoms with Crippen LogP contribution in [-0.2, 0) is 13.6 Å². The van der Waals surface area contributed by atoms with Gasteiger partial charge in [-0.25, -0.2) is 4.98 Å². The molecule has 6 nitrogen and oxygen atoms in total. The Morgan fingerprint density at radius 3 is 2.90 bits per heavy atom. The van der Waals surface area contributed by atoms with Gasteiger partial charge in [-0.3, -0.25) is 4.68 Å². The number of aryl methyl sites for hydroxylation is 2. The number of phenols is 2. The van der Waals surface area contributed by atoms with Crippen molar-refractivity contribution in [2.24, 2.45) is 7.05 Å². The molecule has 3 rings (SSSR count). The quantitative estimate of drug-likeness (QED) is 0.643. The van der Waals surface area contributed by atoms with Crippen LogP contribution in [0.2, 0.25) is 0 Å². The molecule has 0 fully saturated rings. The van der Waals surface area contributed by atoms with E-state index in [1.165, 1.54) is 6.07 Å². The van der Waals surface area contributed by atoms with Gasteiger partial charge in [0.1, 0.15) is 0 Å². The summed E-state index contributed by atoms with van der Waals surface area (Å²) >= 11 is 0. The fourth-order valence-electron chi connectivity index (χ4n) is 2.32. The first kappa shape index (κ1) is 13.2. The molecule has 0 aliphatic heterocycles. The summed E-state index contributed by atoms with van der Waals surface area (Å²) in [5.74, 6) is -0.220. The Balaban J connectivity index is 1.85. The van der Waals surface area contributed by atoms with Crippen LogP contribution in [0.1, 0.15) is 11.3 Å². The van der Waals surface area contributed by atoms with Gasteiger partial charge in [0, 0.05) is 24.5 Å². The Labute approximate surface area is 121 Å². The second-order valence-electron chi connectivity index (χ2n) is 4.94. The Kier molecular flexibility index (Phi) is 3.13. The third-order valence-electron chi connectivity index (χ3n) is 3.44. The molecule has 0 atom stereocenters. The molecule has 3 N–H and O–H groups in total. The van der Waals surface area contributed by atoms with Gasteiger partial charge in [-0.2, -0.15) is 5.10 Å². The molecule has 1 aromatic carbocycles. The van der Waals surface area contributed by atoms with Crippen molar-refractivity contribution in [2.45, 2.75) is 13.5 Å². The maximum Gasteiger partial charge on any atom is 0.162 e.